The Morgan fingerprint density at radius 2 is 2.06 bits per heavy atom. The Morgan fingerprint density at radius 1 is 1.27 bits per heavy atom. The first-order valence-corrected chi connectivity index (χ1v) is 12.2. The van der Waals surface area contributed by atoms with Crippen LogP contribution < -0.4 is 11.0 Å². The predicted octanol–water partition coefficient (Wildman–Crippen LogP) is 4.51. The minimum Gasteiger partial charge on any atom is -0.324 e. The van der Waals surface area contributed by atoms with Gasteiger partial charge in [-0.2, -0.15) is 0 Å². The topological polar surface area (TPSA) is 81.3 Å². The summed E-state index contributed by atoms with van der Waals surface area (Å²) in [5.41, 5.74) is 4.63. The number of hydrogen-bond acceptors (Lipinski definition) is 5. The number of aromatic nitrogens is 4. The highest BCUT2D eigenvalue weighted by Gasteiger charge is 2.32. The number of carbonyl (C=O) groups is 1. The second-order valence-electron chi connectivity index (χ2n) is 10.2. The molecule has 1 aliphatic rings. The molecule has 0 radical (unpaired) electrons. The molecule has 3 heterocycles. The van der Waals surface area contributed by atoms with Gasteiger partial charge >= 0.3 is 5.69 Å². The maximum Gasteiger partial charge on any atom is 0.352 e. The summed E-state index contributed by atoms with van der Waals surface area (Å²) in [6, 6.07) is 5.84. The zero-order valence-electron chi connectivity index (χ0n) is 19.7. The van der Waals surface area contributed by atoms with Gasteiger partial charge in [-0.25, -0.2) is 18.9 Å². The number of thiophene rings is 1. The van der Waals surface area contributed by atoms with Crippen LogP contribution >= 0.6 is 11.3 Å². The molecule has 0 saturated carbocycles. The highest BCUT2D eigenvalue weighted by molar-refractivity contribution is 7.19. The summed E-state index contributed by atoms with van der Waals surface area (Å²) in [6.07, 6.45) is 4.66. The fourth-order valence-electron chi connectivity index (χ4n) is 4.82. The molecule has 1 unspecified atom stereocenters. The van der Waals surface area contributed by atoms with E-state index in [9.17, 15) is 9.59 Å². The maximum absolute atomic E-state index is 13.0. The lowest BCUT2D eigenvalue weighted by molar-refractivity contribution is -0.117. The van der Waals surface area contributed by atoms with E-state index in [1.54, 1.807) is 11.3 Å². The van der Waals surface area contributed by atoms with Crippen molar-refractivity contribution in [1.82, 2.24) is 19.2 Å². The molecule has 1 N–H and O–H groups in total. The Balaban J connectivity index is 1.48. The summed E-state index contributed by atoms with van der Waals surface area (Å²) >= 11 is 1.71. The molecule has 0 spiro atoms. The molecular formula is C25H29N5O2S. The number of anilines is 1. The Bertz CT molecular complexity index is 1450. The summed E-state index contributed by atoms with van der Waals surface area (Å²) < 4.78 is 2.70. The van der Waals surface area contributed by atoms with E-state index in [0.29, 0.717) is 11.6 Å². The molecule has 0 saturated heterocycles. The van der Waals surface area contributed by atoms with Gasteiger partial charge in [-0.1, -0.05) is 38.5 Å². The number of nitrogens with zero attached hydrogens (tertiary/aromatic N) is 4. The Morgan fingerprint density at radius 3 is 2.79 bits per heavy atom. The molecule has 0 bridgehead atoms. The van der Waals surface area contributed by atoms with Crippen LogP contribution in [0.15, 0.2) is 29.3 Å². The normalized spacial score (nSPS) is 16.3. The highest BCUT2D eigenvalue weighted by atomic mass is 32.1. The minimum absolute atomic E-state index is 0.145. The lowest BCUT2D eigenvalue weighted by Crippen LogP contribution is -2.28. The Hall–Kier alpha value is -3.00. The average molecular weight is 464 g/mol. The molecule has 33 heavy (non-hydrogen) atoms. The smallest absolute Gasteiger partial charge is 0.324 e. The predicted molar refractivity (Wildman–Crippen MR) is 132 cm³/mol. The fourth-order valence-corrected chi connectivity index (χ4v) is 6.08. The van der Waals surface area contributed by atoms with Crippen LogP contribution in [0.3, 0.4) is 0 Å². The minimum atomic E-state index is -0.349. The molecule has 172 valence electrons. The third-order valence-electron chi connectivity index (χ3n) is 6.81. The number of rotatable bonds is 3. The highest BCUT2D eigenvalue weighted by Crippen LogP contribution is 2.43. The van der Waals surface area contributed by atoms with E-state index in [1.165, 1.54) is 25.9 Å². The lowest BCUT2D eigenvalue weighted by atomic mass is 9.72. The van der Waals surface area contributed by atoms with Gasteiger partial charge in [-0.3, -0.25) is 4.79 Å². The molecule has 0 aliphatic heterocycles. The van der Waals surface area contributed by atoms with E-state index < -0.39 is 0 Å². The van der Waals surface area contributed by atoms with Crippen LogP contribution in [0.1, 0.15) is 48.8 Å². The monoisotopic (exact) mass is 463 g/mol. The third kappa shape index (κ3) is 3.86. The Kier molecular flexibility index (Phi) is 5.16. The first-order chi connectivity index (χ1) is 15.6. The van der Waals surface area contributed by atoms with Crippen LogP contribution in [0.25, 0.3) is 15.9 Å². The van der Waals surface area contributed by atoms with E-state index in [-0.39, 0.29) is 23.6 Å². The zero-order valence-corrected chi connectivity index (χ0v) is 20.5. The van der Waals surface area contributed by atoms with Crippen LogP contribution in [0.5, 0.6) is 0 Å². The zero-order chi connectivity index (χ0) is 23.5. The van der Waals surface area contributed by atoms with Crippen molar-refractivity contribution in [2.45, 2.75) is 60.4 Å². The van der Waals surface area contributed by atoms with Crippen LogP contribution in [0.4, 0.5) is 5.69 Å². The van der Waals surface area contributed by atoms with Gasteiger partial charge in [0.05, 0.1) is 5.39 Å². The second-order valence-corrected chi connectivity index (χ2v) is 11.3. The molecule has 1 aliphatic carbocycles. The van der Waals surface area contributed by atoms with Crippen molar-refractivity contribution < 1.29 is 4.79 Å². The van der Waals surface area contributed by atoms with Crippen molar-refractivity contribution in [3.05, 3.63) is 56.6 Å². The van der Waals surface area contributed by atoms with Gasteiger partial charge < -0.3 is 5.32 Å². The van der Waals surface area contributed by atoms with Gasteiger partial charge in [0.2, 0.25) is 5.91 Å². The first kappa shape index (κ1) is 21.8. The number of fused-ring (bicyclic) bond motifs is 5. The largest absolute Gasteiger partial charge is 0.352 e. The van der Waals surface area contributed by atoms with Gasteiger partial charge in [-0.15, -0.1) is 16.4 Å². The van der Waals surface area contributed by atoms with Crippen molar-refractivity contribution >= 4 is 38.8 Å². The van der Waals surface area contributed by atoms with E-state index in [4.69, 9.17) is 0 Å². The summed E-state index contributed by atoms with van der Waals surface area (Å²) in [6.45, 7) is 10.7. The van der Waals surface area contributed by atoms with Crippen molar-refractivity contribution in [3.63, 3.8) is 0 Å². The fraction of sp³-hybridized carbons (Fsp3) is 0.440. The van der Waals surface area contributed by atoms with Gasteiger partial charge in [0, 0.05) is 10.6 Å². The Labute approximate surface area is 196 Å². The van der Waals surface area contributed by atoms with E-state index in [2.05, 4.69) is 36.2 Å². The summed E-state index contributed by atoms with van der Waals surface area (Å²) in [5.74, 6) is 0.347. The van der Waals surface area contributed by atoms with Gasteiger partial charge in [0.25, 0.3) is 0 Å². The number of amides is 1. The number of carbonyl (C=O) groups excluding carboxylic acids is 1. The maximum atomic E-state index is 13.0. The SMILES string of the molecule is Cc1ccc(NC(=O)Cn2nc3c4c5c(sc4ncn3c2=O)CC(C(C)(C)C)CC5)c(C)c1. The molecule has 0 fully saturated rings. The number of hydrogen-bond donors (Lipinski definition) is 1. The van der Waals surface area contributed by atoms with Gasteiger partial charge in [0.15, 0.2) is 5.65 Å². The van der Waals surface area contributed by atoms with Gasteiger partial charge in [0.1, 0.15) is 17.7 Å². The molecule has 1 atom stereocenters. The first-order valence-electron chi connectivity index (χ1n) is 11.4. The molecule has 8 heteroatoms. The lowest BCUT2D eigenvalue weighted by Gasteiger charge is -2.33. The van der Waals surface area contributed by atoms with Crippen molar-refractivity contribution in [2.24, 2.45) is 11.3 Å². The molecule has 3 aromatic heterocycles. The molecular weight excluding hydrogens is 434 g/mol. The average Bonchev–Trinajstić information content (AvgIpc) is 3.26. The standard InChI is InChI=1S/C25H29N5O2S/c1-14-6-9-18(15(2)10-14)27-20(31)12-30-24(32)29-13-26-23-21(22(29)28-30)17-8-7-16(25(3,4)5)11-19(17)33-23/h6,9-10,13,16H,7-8,11-12H2,1-5H3,(H,27,31). The third-order valence-corrected chi connectivity index (χ3v) is 7.97. The van der Waals surface area contributed by atoms with Crippen LogP contribution in [0.2, 0.25) is 0 Å². The van der Waals surface area contributed by atoms with E-state index >= 15 is 0 Å². The number of aryl methyl sites for hydroxylation is 3. The van der Waals surface area contributed by atoms with Crippen molar-refractivity contribution in [2.75, 3.05) is 5.32 Å². The number of nitrogens with one attached hydrogen (secondary N) is 1. The molecule has 1 aromatic carbocycles. The van der Waals surface area contributed by atoms with E-state index in [0.717, 1.165) is 46.3 Å². The summed E-state index contributed by atoms with van der Waals surface area (Å²) in [7, 11) is 0. The van der Waals surface area contributed by atoms with Crippen molar-refractivity contribution in [3.8, 4) is 0 Å². The van der Waals surface area contributed by atoms with E-state index in [1.807, 2.05) is 32.0 Å². The number of benzene rings is 1. The molecule has 7 nitrogen and oxygen atoms in total. The summed E-state index contributed by atoms with van der Waals surface area (Å²) in [4.78, 5) is 32.5. The second kappa shape index (κ2) is 7.80. The van der Waals surface area contributed by atoms with Crippen LogP contribution in [-0.4, -0.2) is 25.1 Å². The van der Waals surface area contributed by atoms with Crippen LogP contribution in [0, 0.1) is 25.2 Å². The molecule has 4 aromatic rings. The van der Waals surface area contributed by atoms with Gasteiger partial charge in [-0.05, 0) is 61.6 Å². The molecule has 5 rings (SSSR count). The van der Waals surface area contributed by atoms with Crippen LogP contribution in [-0.2, 0) is 24.2 Å². The summed E-state index contributed by atoms with van der Waals surface area (Å²) in [5, 5.41) is 8.44. The molecule has 1 amide bonds. The quantitative estimate of drug-likeness (QED) is 0.485. The van der Waals surface area contributed by atoms with Crippen molar-refractivity contribution in [1.29, 1.82) is 0 Å².